The van der Waals surface area contributed by atoms with Gasteiger partial charge in [0.2, 0.25) is 0 Å². The first-order valence-electron chi connectivity index (χ1n) is 7.32. The summed E-state index contributed by atoms with van der Waals surface area (Å²) in [7, 11) is 0. The van der Waals surface area contributed by atoms with Gasteiger partial charge in [0.1, 0.15) is 0 Å². The number of rotatable bonds is 4. The number of hydrogen-bond acceptors (Lipinski definition) is 4. The van der Waals surface area contributed by atoms with E-state index in [1.165, 1.54) is 0 Å². The highest BCUT2D eigenvalue weighted by atomic mass is 16.5. The molecule has 1 aliphatic heterocycles. The van der Waals surface area contributed by atoms with Crippen LogP contribution in [0.4, 0.5) is 0 Å². The van der Waals surface area contributed by atoms with Gasteiger partial charge in [0, 0.05) is 30.5 Å². The first kappa shape index (κ1) is 15.7. The minimum absolute atomic E-state index is 0.0474. The van der Waals surface area contributed by atoms with Gasteiger partial charge >= 0.3 is 11.7 Å². The van der Waals surface area contributed by atoms with Gasteiger partial charge in [-0.15, -0.1) is 0 Å². The van der Waals surface area contributed by atoms with E-state index in [1.807, 2.05) is 13.8 Å². The third-order valence-corrected chi connectivity index (χ3v) is 4.12. The molecule has 21 heavy (non-hydrogen) atoms. The molecule has 2 atom stereocenters. The largest absolute Gasteiger partial charge is 0.481 e. The fourth-order valence-corrected chi connectivity index (χ4v) is 3.05. The molecule has 1 N–H and O–H groups in total. The van der Waals surface area contributed by atoms with Crippen molar-refractivity contribution in [3.05, 3.63) is 27.4 Å². The summed E-state index contributed by atoms with van der Waals surface area (Å²) < 4.78 is 7.25. The summed E-state index contributed by atoms with van der Waals surface area (Å²) >= 11 is 0. The predicted octanol–water partition coefficient (Wildman–Crippen LogP) is 1.62. The zero-order valence-corrected chi connectivity index (χ0v) is 12.8. The average Bonchev–Trinajstić information content (AvgIpc) is 2.37. The van der Waals surface area contributed by atoms with Crippen molar-refractivity contribution in [1.29, 1.82) is 0 Å². The Kier molecular flexibility index (Phi) is 4.77. The third-order valence-electron chi connectivity index (χ3n) is 4.12. The zero-order valence-electron chi connectivity index (χ0n) is 12.8. The molecule has 2 heterocycles. The molecule has 2 rings (SSSR count). The standard InChI is InChI=1S/C15H22N2O4/c1-9-8-12(6-7-21-9)17-11(3)13(4-5-14(18)19)10(2)16-15(17)20/h9,12H,4-8H2,1-3H3,(H,18,19). The van der Waals surface area contributed by atoms with Crippen molar-refractivity contribution in [3.8, 4) is 0 Å². The number of carbonyl (C=O) groups is 1. The average molecular weight is 294 g/mol. The van der Waals surface area contributed by atoms with Crippen LogP contribution in [-0.4, -0.2) is 33.3 Å². The van der Waals surface area contributed by atoms with Gasteiger partial charge in [-0.2, -0.15) is 4.98 Å². The molecular weight excluding hydrogens is 272 g/mol. The maximum Gasteiger partial charge on any atom is 0.348 e. The first-order valence-corrected chi connectivity index (χ1v) is 7.32. The number of carboxylic acids is 1. The number of ether oxygens (including phenoxy) is 1. The molecule has 6 nitrogen and oxygen atoms in total. The maximum atomic E-state index is 12.3. The summed E-state index contributed by atoms with van der Waals surface area (Å²) in [5.41, 5.74) is 2.10. The van der Waals surface area contributed by atoms with Gasteiger partial charge in [0.15, 0.2) is 0 Å². The van der Waals surface area contributed by atoms with Crippen molar-refractivity contribution in [2.75, 3.05) is 6.61 Å². The molecule has 1 aliphatic rings. The highest BCUT2D eigenvalue weighted by Gasteiger charge is 2.24. The van der Waals surface area contributed by atoms with Gasteiger partial charge in [-0.3, -0.25) is 9.36 Å². The Balaban J connectivity index is 2.38. The molecule has 0 amide bonds. The Hall–Kier alpha value is -1.69. The number of aryl methyl sites for hydroxylation is 1. The van der Waals surface area contributed by atoms with Gasteiger partial charge in [-0.25, -0.2) is 4.79 Å². The summed E-state index contributed by atoms with van der Waals surface area (Å²) in [6.45, 7) is 6.28. The van der Waals surface area contributed by atoms with Crippen molar-refractivity contribution in [2.24, 2.45) is 0 Å². The normalized spacial score (nSPS) is 22.2. The van der Waals surface area contributed by atoms with E-state index in [9.17, 15) is 9.59 Å². The minimum Gasteiger partial charge on any atom is -0.481 e. The van der Waals surface area contributed by atoms with Crippen LogP contribution in [-0.2, 0) is 16.0 Å². The van der Waals surface area contributed by atoms with E-state index >= 15 is 0 Å². The first-order chi connectivity index (χ1) is 9.90. The van der Waals surface area contributed by atoms with Crippen LogP contribution in [0.25, 0.3) is 0 Å². The number of aromatic nitrogens is 2. The second kappa shape index (κ2) is 6.39. The Morgan fingerprint density at radius 1 is 1.48 bits per heavy atom. The van der Waals surface area contributed by atoms with Gasteiger partial charge in [-0.1, -0.05) is 0 Å². The van der Waals surface area contributed by atoms with Crippen LogP contribution in [0.1, 0.15) is 49.2 Å². The van der Waals surface area contributed by atoms with Crippen LogP contribution >= 0.6 is 0 Å². The lowest BCUT2D eigenvalue weighted by Crippen LogP contribution is -2.36. The molecule has 0 bridgehead atoms. The highest BCUT2D eigenvalue weighted by Crippen LogP contribution is 2.26. The summed E-state index contributed by atoms with van der Waals surface area (Å²) in [5.74, 6) is -0.841. The van der Waals surface area contributed by atoms with E-state index < -0.39 is 5.97 Å². The molecule has 6 heteroatoms. The fourth-order valence-electron chi connectivity index (χ4n) is 3.05. The van der Waals surface area contributed by atoms with Crippen LogP contribution < -0.4 is 5.69 Å². The van der Waals surface area contributed by atoms with E-state index in [0.29, 0.717) is 18.7 Å². The Labute approximate surface area is 123 Å². The van der Waals surface area contributed by atoms with E-state index in [1.54, 1.807) is 11.5 Å². The number of nitrogens with zero attached hydrogens (tertiary/aromatic N) is 2. The second-order valence-electron chi connectivity index (χ2n) is 5.67. The molecule has 1 fully saturated rings. The van der Waals surface area contributed by atoms with Crippen molar-refractivity contribution >= 4 is 5.97 Å². The highest BCUT2D eigenvalue weighted by molar-refractivity contribution is 5.67. The monoisotopic (exact) mass is 294 g/mol. The van der Waals surface area contributed by atoms with Gasteiger partial charge in [0.25, 0.3) is 0 Å². The number of carboxylic acid groups (broad SMARTS) is 1. The fraction of sp³-hybridized carbons (Fsp3) is 0.667. The molecule has 0 saturated carbocycles. The van der Waals surface area contributed by atoms with Crippen LogP contribution in [0.2, 0.25) is 0 Å². The zero-order chi connectivity index (χ0) is 15.6. The topological polar surface area (TPSA) is 81.4 Å². The smallest absolute Gasteiger partial charge is 0.348 e. The van der Waals surface area contributed by atoms with Gasteiger partial charge in [0.05, 0.1) is 6.10 Å². The van der Waals surface area contributed by atoms with E-state index in [0.717, 1.165) is 24.1 Å². The summed E-state index contributed by atoms with van der Waals surface area (Å²) in [6, 6.07) is 0.0814. The minimum atomic E-state index is -0.841. The Morgan fingerprint density at radius 3 is 2.81 bits per heavy atom. The van der Waals surface area contributed by atoms with E-state index in [2.05, 4.69) is 4.98 Å². The number of aliphatic carboxylic acids is 1. The second-order valence-corrected chi connectivity index (χ2v) is 5.67. The lowest BCUT2D eigenvalue weighted by molar-refractivity contribution is -0.136. The van der Waals surface area contributed by atoms with Crippen molar-refractivity contribution in [2.45, 2.75) is 58.6 Å². The molecule has 1 saturated heterocycles. The third kappa shape index (κ3) is 3.50. The maximum absolute atomic E-state index is 12.3. The van der Waals surface area contributed by atoms with Crippen molar-refractivity contribution < 1.29 is 14.6 Å². The summed E-state index contributed by atoms with van der Waals surface area (Å²) in [4.78, 5) is 27.1. The van der Waals surface area contributed by atoms with E-state index in [-0.39, 0.29) is 24.3 Å². The number of hydrogen-bond donors (Lipinski definition) is 1. The molecule has 116 valence electrons. The van der Waals surface area contributed by atoms with Crippen LogP contribution in [0.5, 0.6) is 0 Å². The molecule has 0 aromatic carbocycles. The van der Waals surface area contributed by atoms with Crippen LogP contribution in [0.15, 0.2) is 4.79 Å². The molecule has 0 spiro atoms. The van der Waals surface area contributed by atoms with Crippen LogP contribution in [0.3, 0.4) is 0 Å². The Bertz CT molecular complexity index is 594. The molecule has 0 radical (unpaired) electrons. The lowest BCUT2D eigenvalue weighted by Gasteiger charge is -2.30. The molecule has 1 aromatic heterocycles. The molecule has 0 aliphatic carbocycles. The lowest BCUT2D eigenvalue weighted by atomic mass is 10.0. The SMILES string of the molecule is Cc1nc(=O)n(C2CCOC(C)C2)c(C)c1CCC(=O)O. The van der Waals surface area contributed by atoms with E-state index in [4.69, 9.17) is 9.84 Å². The van der Waals surface area contributed by atoms with Gasteiger partial charge < -0.3 is 9.84 Å². The van der Waals surface area contributed by atoms with Crippen LogP contribution in [0, 0.1) is 13.8 Å². The Morgan fingerprint density at radius 2 is 2.19 bits per heavy atom. The summed E-state index contributed by atoms with van der Waals surface area (Å²) in [6.07, 6.45) is 2.14. The molecule has 2 unspecified atom stereocenters. The van der Waals surface area contributed by atoms with Gasteiger partial charge in [-0.05, 0) is 45.6 Å². The summed E-state index contributed by atoms with van der Waals surface area (Å²) in [5, 5.41) is 8.86. The quantitative estimate of drug-likeness (QED) is 0.912. The van der Waals surface area contributed by atoms with Crippen molar-refractivity contribution in [3.63, 3.8) is 0 Å². The van der Waals surface area contributed by atoms with Crippen molar-refractivity contribution in [1.82, 2.24) is 9.55 Å². The molecule has 1 aromatic rings. The predicted molar refractivity (Wildman–Crippen MR) is 77.6 cm³/mol. The molecular formula is C15H22N2O4.